The number of alkyl halides is 1. The van der Waals surface area contributed by atoms with Gasteiger partial charge in [-0.25, -0.2) is 0 Å². The molecule has 0 aliphatic heterocycles. The number of halogens is 4. The van der Waals surface area contributed by atoms with Crippen LogP contribution in [0, 0.1) is 0 Å². The maximum atomic E-state index is 11.6. The SMILES string of the molecule is CC(Br)C(=O)c1cc(Cl)cc(Cl)c1Cl. The Hall–Kier alpha value is 0.240. The largest absolute Gasteiger partial charge is 0.293 e. The second kappa shape index (κ2) is 4.84. The summed E-state index contributed by atoms with van der Waals surface area (Å²) < 4.78 is 0. The van der Waals surface area contributed by atoms with E-state index in [9.17, 15) is 4.79 Å². The van der Waals surface area contributed by atoms with Crippen molar-refractivity contribution in [3.05, 3.63) is 32.8 Å². The van der Waals surface area contributed by atoms with Crippen LogP contribution in [0.5, 0.6) is 0 Å². The van der Waals surface area contributed by atoms with E-state index in [2.05, 4.69) is 15.9 Å². The van der Waals surface area contributed by atoms with E-state index >= 15 is 0 Å². The van der Waals surface area contributed by atoms with Crippen LogP contribution < -0.4 is 0 Å². The average Bonchev–Trinajstić information content (AvgIpc) is 2.09. The monoisotopic (exact) mass is 314 g/mol. The maximum Gasteiger partial charge on any atom is 0.177 e. The van der Waals surface area contributed by atoms with E-state index < -0.39 is 0 Å². The summed E-state index contributed by atoms with van der Waals surface area (Å²) in [5.74, 6) is -0.139. The second-order valence-corrected chi connectivity index (χ2v) is 5.32. The molecule has 0 aliphatic rings. The highest BCUT2D eigenvalue weighted by molar-refractivity contribution is 9.10. The van der Waals surface area contributed by atoms with Crippen molar-refractivity contribution in [1.82, 2.24) is 0 Å². The van der Waals surface area contributed by atoms with Crippen LogP contribution in [0.2, 0.25) is 15.1 Å². The van der Waals surface area contributed by atoms with E-state index in [-0.39, 0.29) is 20.7 Å². The van der Waals surface area contributed by atoms with E-state index in [1.807, 2.05) is 0 Å². The molecule has 0 bridgehead atoms. The summed E-state index contributed by atoms with van der Waals surface area (Å²) in [7, 11) is 0. The maximum absolute atomic E-state index is 11.6. The highest BCUT2D eigenvalue weighted by Gasteiger charge is 2.17. The predicted molar refractivity (Wildman–Crippen MR) is 64.2 cm³/mol. The predicted octanol–water partition coefficient (Wildman–Crippen LogP) is 4.61. The van der Waals surface area contributed by atoms with E-state index in [1.54, 1.807) is 6.92 Å². The van der Waals surface area contributed by atoms with Crippen LogP contribution in [-0.4, -0.2) is 10.6 Å². The molecule has 0 aromatic heterocycles. The van der Waals surface area contributed by atoms with Crippen LogP contribution in [0.1, 0.15) is 17.3 Å². The van der Waals surface area contributed by atoms with Crippen LogP contribution in [0.4, 0.5) is 0 Å². The zero-order chi connectivity index (χ0) is 10.9. The molecule has 0 aliphatic carbocycles. The molecule has 1 rings (SSSR count). The Kier molecular flexibility index (Phi) is 4.26. The van der Waals surface area contributed by atoms with Gasteiger partial charge >= 0.3 is 0 Å². The molecule has 0 spiro atoms. The number of hydrogen-bond acceptors (Lipinski definition) is 1. The number of Topliss-reactive ketones (excluding diaryl/α,β-unsaturated/α-hetero) is 1. The summed E-state index contributed by atoms with van der Waals surface area (Å²) in [6.07, 6.45) is 0. The van der Waals surface area contributed by atoms with Gasteiger partial charge in [0.15, 0.2) is 5.78 Å². The molecule has 0 radical (unpaired) electrons. The Balaban J connectivity index is 3.27. The fourth-order valence-electron chi connectivity index (χ4n) is 0.950. The van der Waals surface area contributed by atoms with Crippen molar-refractivity contribution >= 4 is 56.5 Å². The molecule has 0 fully saturated rings. The van der Waals surface area contributed by atoms with E-state index in [0.717, 1.165) is 0 Å². The van der Waals surface area contributed by atoms with E-state index in [0.29, 0.717) is 10.6 Å². The summed E-state index contributed by atoms with van der Waals surface area (Å²) in [5.41, 5.74) is 0.341. The van der Waals surface area contributed by atoms with Crippen molar-refractivity contribution in [2.45, 2.75) is 11.8 Å². The molecule has 5 heteroatoms. The summed E-state index contributed by atoms with van der Waals surface area (Å²) in [4.78, 5) is 11.3. The smallest absolute Gasteiger partial charge is 0.177 e. The van der Waals surface area contributed by atoms with Gasteiger partial charge in [-0.1, -0.05) is 50.7 Å². The van der Waals surface area contributed by atoms with Crippen LogP contribution in [-0.2, 0) is 0 Å². The standard InChI is InChI=1S/C9H6BrCl3O/c1-4(10)9(14)6-2-5(11)3-7(12)8(6)13/h2-4H,1H3. The summed E-state index contributed by atoms with van der Waals surface area (Å²) in [5, 5.41) is 0.930. The third-order valence-corrected chi connectivity index (χ3v) is 3.06. The first kappa shape index (κ1) is 12.3. The number of carbonyl (C=O) groups excluding carboxylic acids is 1. The number of carbonyl (C=O) groups is 1. The van der Waals surface area contributed by atoms with Crippen molar-refractivity contribution in [2.75, 3.05) is 0 Å². The summed E-state index contributed by atoms with van der Waals surface area (Å²) in [6, 6.07) is 3.01. The van der Waals surface area contributed by atoms with E-state index in [1.165, 1.54) is 12.1 Å². The number of benzene rings is 1. The van der Waals surface area contributed by atoms with Crippen LogP contribution >= 0.6 is 50.7 Å². The van der Waals surface area contributed by atoms with Gasteiger partial charge in [0.25, 0.3) is 0 Å². The number of hydrogen-bond donors (Lipinski definition) is 0. The molecule has 1 unspecified atom stereocenters. The summed E-state index contributed by atoms with van der Waals surface area (Å²) >= 11 is 20.6. The van der Waals surface area contributed by atoms with Crippen LogP contribution in [0.15, 0.2) is 12.1 Å². The van der Waals surface area contributed by atoms with Gasteiger partial charge in [0.1, 0.15) is 0 Å². The van der Waals surface area contributed by atoms with Gasteiger partial charge in [-0.05, 0) is 19.1 Å². The third kappa shape index (κ3) is 2.63. The molecule has 1 aromatic carbocycles. The molecule has 76 valence electrons. The molecule has 14 heavy (non-hydrogen) atoms. The minimum Gasteiger partial charge on any atom is -0.293 e. The van der Waals surface area contributed by atoms with Gasteiger partial charge < -0.3 is 0 Å². The first-order valence-electron chi connectivity index (χ1n) is 3.76. The fraction of sp³-hybridized carbons (Fsp3) is 0.222. The lowest BCUT2D eigenvalue weighted by atomic mass is 10.1. The Morgan fingerprint density at radius 3 is 2.43 bits per heavy atom. The molecule has 0 N–H and O–H groups in total. The zero-order valence-electron chi connectivity index (χ0n) is 7.15. The van der Waals surface area contributed by atoms with Gasteiger partial charge in [0.05, 0.1) is 14.9 Å². The average molecular weight is 316 g/mol. The Morgan fingerprint density at radius 1 is 1.36 bits per heavy atom. The Labute approximate surface area is 105 Å². The molecular formula is C9H6BrCl3O. The van der Waals surface area contributed by atoms with Gasteiger partial charge in [-0.2, -0.15) is 0 Å². The highest BCUT2D eigenvalue weighted by Crippen LogP contribution is 2.31. The third-order valence-electron chi connectivity index (χ3n) is 1.62. The molecule has 0 saturated carbocycles. The van der Waals surface area contributed by atoms with Crippen molar-refractivity contribution < 1.29 is 4.79 Å². The zero-order valence-corrected chi connectivity index (χ0v) is 11.0. The van der Waals surface area contributed by atoms with Crippen molar-refractivity contribution in [1.29, 1.82) is 0 Å². The van der Waals surface area contributed by atoms with Gasteiger partial charge in [0, 0.05) is 10.6 Å². The van der Waals surface area contributed by atoms with Crippen molar-refractivity contribution in [2.24, 2.45) is 0 Å². The van der Waals surface area contributed by atoms with Gasteiger partial charge in [-0.3, -0.25) is 4.79 Å². The second-order valence-electron chi connectivity index (χ2n) is 2.73. The molecule has 0 amide bonds. The lowest BCUT2D eigenvalue weighted by molar-refractivity contribution is 0.0996. The first-order chi connectivity index (χ1) is 6.43. The van der Waals surface area contributed by atoms with Crippen LogP contribution in [0.3, 0.4) is 0 Å². The molecular weight excluding hydrogens is 310 g/mol. The minimum absolute atomic E-state index is 0.139. The lowest BCUT2D eigenvalue weighted by Gasteiger charge is -2.07. The van der Waals surface area contributed by atoms with Crippen molar-refractivity contribution in [3.63, 3.8) is 0 Å². The molecule has 1 nitrogen and oxygen atoms in total. The number of ketones is 1. The topological polar surface area (TPSA) is 17.1 Å². The van der Waals surface area contributed by atoms with Gasteiger partial charge in [-0.15, -0.1) is 0 Å². The van der Waals surface area contributed by atoms with E-state index in [4.69, 9.17) is 34.8 Å². The lowest BCUT2D eigenvalue weighted by Crippen LogP contribution is -2.10. The first-order valence-corrected chi connectivity index (χ1v) is 5.81. The van der Waals surface area contributed by atoms with Gasteiger partial charge in [0.2, 0.25) is 0 Å². The normalized spacial score (nSPS) is 12.6. The molecule has 0 saturated heterocycles. The quantitative estimate of drug-likeness (QED) is 0.442. The fourth-order valence-corrected chi connectivity index (χ4v) is 1.89. The summed E-state index contributed by atoms with van der Waals surface area (Å²) in [6.45, 7) is 1.72. The van der Waals surface area contributed by atoms with Crippen LogP contribution in [0.25, 0.3) is 0 Å². The molecule has 0 heterocycles. The Bertz CT molecular complexity index is 377. The van der Waals surface area contributed by atoms with Crippen molar-refractivity contribution in [3.8, 4) is 0 Å². The Morgan fingerprint density at radius 2 is 1.93 bits per heavy atom. The highest BCUT2D eigenvalue weighted by atomic mass is 79.9. The minimum atomic E-state index is -0.311. The molecule has 1 atom stereocenters. The molecule has 1 aromatic rings. The number of rotatable bonds is 2.